The van der Waals surface area contributed by atoms with Gasteiger partial charge in [-0.2, -0.15) is 0 Å². The second-order valence-corrected chi connectivity index (χ2v) is 8.83. The normalized spacial score (nSPS) is 15.7. The Kier molecular flexibility index (Phi) is 4.64. The Labute approximate surface area is 159 Å². The van der Waals surface area contributed by atoms with E-state index in [1.54, 1.807) is 18.3 Å². The van der Waals surface area contributed by atoms with Crippen molar-refractivity contribution in [3.8, 4) is 10.4 Å². The summed E-state index contributed by atoms with van der Waals surface area (Å²) in [5.74, 6) is 0.858. The molecule has 0 bridgehead atoms. The van der Waals surface area contributed by atoms with E-state index < -0.39 is 0 Å². The van der Waals surface area contributed by atoms with Crippen LogP contribution in [0.3, 0.4) is 0 Å². The zero-order valence-electron chi connectivity index (χ0n) is 14.8. The van der Waals surface area contributed by atoms with Crippen LogP contribution in [-0.2, 0) is 11.3 Å². The number of quaternary nitrogens is 1. The molecule has 3 aromatic heterocycles. The number of aromatic amines is 1. The highest BCUT2D eigenvalue weighted by Gasteiger charge is 2.23. The van der Waals surface area contributed by atoms with Crippen LogP contribution in [0, 0.1) is 6.92 Å². The fourth-order valence-corrected chi connectivity index (χ4v) is 5.31. The summed E-state index contributed by atoms with van der Waals surface area (Å²) in [6.07, 6.45) is 0. The van der Waals surface area contributed by atoms with E-state index in [0.717, 1.165) is 47.3 Å². The molecule has 6 nitrogen and oxygen atoms in total. The molecular formula is C18H21N4O2S2+. The van der Waals surface area contributed by atoms with Gasteiger partial charge in [0.2, 0.25) is 5.91 Å². The number of hydrogen-bond donors (Lipinski definition) is 2. The van der Waals surface area contributed by atoms with E-state index in [1.165, 1.54) is 21.1 Å². The molecule has 1 amide bonds. The molecule has 4 heterocycles. The highest BCUT2D eigenvalue weighted by atomic mass is 32.1. The van der Waals surface area contributed by atoms with Crippen molar-refractivity contribution in [2.24, 2.45) is 0 Å². The zero-order chi connectivity index (χ0) is 18.3. The molecule has 1 saturated heterocycles. The standard InChI is InChI=1S/C18H20N4O2S2/c1-11-3-4-14(26-11)13-10-25-18-16(13)17(24)19-15(20-18)9-21-5-7-22(8-6-21)12(2)23/h3-4,10H,5-9H2,1-2H3,(H,19,20,24)/p+1. The number of amides is 1. The van der Waals surface area contributed by atoms with Crippen molar-refractivity contribution in [3.05, 3.63) is 38.6 Å². The molecule has 26 heavy (non-hydrogen) atoms. The third-order valence-electron chi connectivity index (χ3n) is 4.83. The number of nitrogens with zero attached hydrogens (tertiary/aromatic N) is 2. The summed E-state index contributed by atoms with van der Waals surface area (Å²) in [6, 6.07) is 4.14. The van der Waals surface area contributed by atoms with Gasteiger partial charge in [0.05, 0.1) is 31.6 Å². The van der Waals surface area contributed by atoms with Gasteiger partial charge in [-0.15, -0.1) is 22.7 Å². The third kappa shape index (κ3) is 3.32. The maximum Gasteiger partial charge on any atom is 0.260 e. The average molecular weight is 390 g/mol. The lowest BCUT2D eigenvalue weighted by Crippen LogP contribution is -3.13. The first-order valence-electron chi connectivity index (χ1n) is 8.67. The molecule has 0 aromatic carbocycles. The van der Waals surface area contributed by atoms with Crippen molar-refractivity contribution in [2.75, 3.05) is 26.2 Å². The smallest absolute Gasteiger partial charge is 0.260 e. The Morgan fingerprint density at radius 3 is 2.77 bits per heavy atom. The summed E-state index contributed by atoms with van der Waals surface area (Å²) in [5, 5.41) is 2.72. The van der Waals surface area contributed by atoms with Gasteiger partial charge in [0.15, 0.2) is 5.82 Å². The van der Waals surface area contributed by atoms with Crippen LogP contribution in [0.25, 0.3) is 20.7 Å². The molecule has 0 aliphatic carbocycles. The molecule has 2 N–H and O–H groups in total. The number of aromatic nitrogens is 2. The van der Waals surface area contributed by atoms with Gasteiger partial charge < -0.3 is 14.8 Å². The van der Waals surface area contributed by atoms with Crippen LogP contribution in [0.5, 0.6) is 0 Å². The van der Waals surface area contributed by atoms with Gasteiger partial charge in [-0.05, 0) is 19.1 Å². The molecule has 0 atom stereocenters. The molecular weight excluding hydrogens is 368 g/mol. The number of carbonyl (C=O) groups is 1. The van der Waals surface area contributed by atoms with Crippen LogP contribution in [0.4, 0.5) is 0 Å². The van der Waals surface area contributed by atoms with Crippen molar-refractivity contribution >= 4 is 38.8 Å². The lowest BCUT2D eigenvalue weighted by atomic mass is 10.2. The molecule has 0 spiro atoms. The fourth-order valence-electron chi connectivity index (χ4n) is 3.39. The lowest BCUT2D eigenvalue weighted by Gasteiger charge is -2.31. The molecule has 1 aliphatic heterocycles. The van der Waals surface area contributed by atoms with E-state index in [0.29, 0.717) is 11.9 Å². The fraction of sp³-hybridized carbons (Fsp3) is 0.389. The summed E-state index contributed by atoms with van der Waals surface area (Å²) < 4.78 is 0. The SMILES string of the molecule is CC(=O)N1CC[NH+](Cc2nc3scc(-c4ccc(C)s4)c3c(=O)[nH]2)CC1. The minimum Gasteiger partial charge on any atom is -0.332 e. The van der Waals surface area contributed by atoms with Crippen LogP contribution >= 0.6 is 22.7 Å². The molecule has 1 aliphatic rings. The maximum absolute atomic E-state index is 12.7. The Balaban J connectivity index is 1.57. The van der Waals surface area contributed by atoms with Gasteiger partial charge in [-0.3, -0.25) is 9.59 Å². The molecule has 0 saturated carbocycles. The Morgan fingerprint density at radius 1 is 1.35 bits per heavy atom. The van der Waals surface area contributed by atoms with Crippen LogP contribution in [-0.4, -0.2) is 47.0 Å². The van der Waals surface area contributed by atoms with Gasteiger partial charge in [0, 0.05) is 27.6 Å². The van der Waals surface area contributed by atoms with Crippen LogP contribution in [0.1, 0.15) is 17.6 Å². The second-order valence-electron chi connectivity index (χ2n) is 6.69. The number of H-pyrrole nitrogens is 1. The van der Waals surface area contributed by atoms with E-state index in [9.17, 15) is 9.59 Å². The monoisotopic (exact) mass is 389 g/mol. The molecule has 0 unspecified atom stereocenters. The number of carbonyl (C=O) groups excluding carboxylic acids is 1. The second kappa shape index (κ2) is 6.94. The summed E-state index contributed by atoms with van der Waals surface area (Å²) in [7, 11) is 0. The molecule has 4 rings (SSSR count). The molecule has 1 fully saturated rings. The van der Waals surface area contributed by atoms with Crippen molar-refractivity contribution < 1.29 is 9.69 Å². The Bertz CT molecular complexity index is 1010. The summed E-state index contributed by atoms with van der Waals surface area (Å²) in [4.78, 5) is 38.2. The van der Waals surface area contributed by atoms with Gasteiger partial charge >= 0.3 is 0 Å². The van der Waals surface area contributed by atoms with E-state index in [2.05, 4.69) is 24.0 Å². The number of aryl methyl sites for hydroxylation is 1. The van der Waals surface area contributed by atoms with Crippen molar-refractivity contribution in [1.82, 2.24) is 14.9 Å². The average Bonchev–Trinajstić information content (AvgIpc) is 3.21. The lowest BCUT2D eigenvalue weighted by molar-refractivity contribution is -0.918. The first kappa shape index (κ1) is 17.4. The Morgan fingerprint density at radius 2 is 2.12 bits per heavy atom. The van der Waals surface area contributed by atoms with Gasteiger partial charge in [-0.1, -0.05) is 0 Å². The van der Waals surface area contributed by atoms with Crippen LogP contribution < -0.4 is 10.5 Å². The molecule has 8 heteroatoms. The van der Waals surface area contributed by atoms with Gasteiger partial charge in [0.25, 0.3) is 5.56 Å². The molecule has 0 radical (unpaired) electrons. The number of fused-ring (bicyclic) bond motifs is 1. The first-order valence-corrected chi connectivity index (χ1v) is 10.4. The Hall–Kier alpha value is -2.03. The predicted octanol–water partition coefficient (Wildman–Crippen LogP) is 1.27. The number of nitrogens with one attached hydrogen (secondary N) is 2. The maximum atomic E-state index is 12.7. The van der Waals surface area contributed by atoms with Crippen molar-refractivity contribution in [1.29, 1.82) is 0 Å². The van der Waals surface area contributed by atoms with Gasteiger partial charge in [0.1, 0.15) is 11.4 Å². The van der Waals surface area contributed by atoms with Crippen LogP contribution in [0.15, 0.2) is 22.3 Å². The van der Waals surface area contributed by atoms with Gasteiger partial charge in [-0.25, -0.2) is 4.98 Å². The zero-order valence-corrected chi connectivity index (χ0v) is 16.4. The minimum atomic E-state index is -0.0610. The number of thiophene rings is 2. The minimum absolute atomic E-state index is 0.0610. The van der Waals surface area contributed by atoms with E-state index in [-0.39, 0.29) is 11.5 Å². The molecule has 136 valence electrons. The van der Waals surface area contributed by atoms with Crippen molar-refractivity contribution in [2.45, 2.75) is 20.4 Å². The quantitative estimate of drug-likeness (QED) is 0.709. The predicted molar refractivity (Wildman–Crippen MR) is 105 cm³/mol. The summed E-state index contributed by atoms with van der Waals surface area (Å²) in [6.45, 7) is 7.65. The van der Waals surface area contributed by atoms with E-state index in [4.69, 9.17) is 4.98 Å². The van der Waals surface area contributed by atoms with E-state index in [1.807, 2.05) is 10.3 Å². The number of hydrogen-bond acceptors (Lipinski definition) is 5. The number of piperazine rings is 1. The van der Waals surface area contributed by atoms with Crippen molar-refractivity contribution in [3.63, 3.8) is 0 Å². The number of rotatable bonds is 3. The third-order valence-corrected chi connectivity index (χ3v) is 6.74. The summed E-state index contributed by atoms with van der Waals surface area (Å²) >= 11 is 3.22. The first-order chi connectivity index (χ1) is 12.5. The summed E-state index contributed by atoms with van der Waals surface area (Å²) in [5.41, 5.74) is 0.917. The highest BCUT2D eigenvalue weighted by Crippen LogP contribution is 2.34. The molecule has 3 aromatic rings. The van der Waals surface area contributed by atoms with E-state index >= 15 is 0 Å². The largest absolute Gasteiger partial charge is 0.332 e. The highest BCUT2D eigenvalue weighted by molar-refractivity contribution is 7.19. The van der Waals surface area contributed by atoms with Crippen LogP contribution in [0.2, 0.25) is 0 Å². The topological polar surface area (TPSA) is 70.5 Å².